The van der Waals surface area contributed by atoms with E-state index in [1.807, 2.05) is 0 Å². The smallest absolute Gasteiger partial charge is 0.0409 e. The molecule has 0 aliphatic carbocycles. The summed E-state index contributed by atoms with van der Waals surface area (Å²) in [7, 11) is 0. The van der Waals surface area contributed by atoms with E-state index in [4.69, 9.17) is 4.98 Å². The Kier molecular flexibility index (Phi) is 24.7. The molecule has 0 saturated carbocycles. The lowest BCUT2D eigenvalue weighted by Gasteiger charge is -2.08. The molecular formula is C36H67N. The SMILES string of the molecule is CCCCCCCCCCCCCCCc1cc(C)cc(CCCCCCCCCCCCCCC)n1. The predicted octanol–water partition coefficient (Wildman–Crippen LogP) is 12.7. The van der Waals surface area contributed by atoms with Crippen molar-refractivity contribution in [1.29, 1.82) is 0 Å². The molecule has 0 atom stereocenters. The van der Waals surface area contributed by atoms with Crippen LogP contribution in [0.15, 0.2) is 12.1 Å². The van der Waals surface area contributed by atoms with Gasteiger partial charge in [0.25, 0.3) is 0 Å². The van der Waals surface area contributed by atoms with Crippen LogP contribution >= 0.6 is 0 Å². The fourth-order valence-corrected chi connectivity index (χ4v) is 5.72. The third-order valence-electron chi connectivity index (χ3n) is 8.15. The molecule has 0 unspecified atom stereocenters. The van der Waals surface area contributed by atoms with Crippen LogP contribution in [0.1, 0.15) is 198 Å². The van der Waals surface area contributed by atoms with E-state index in [9.17, 15) is 0 Å². The number of aromatic nitrogens is 1. The molecule has 1 heteroatoms. The average Bonchev–Trinajstić information content (AvgIpc) is 2.89. The number of pyridine rings is 1. The van der Waals surface area contributed by atoms with Gasteiger partial charge in [0, 0.05) is 11.4 Å². The van der Waals surface area contributed by atoms with Crippen LogP contribution in [0, 0.1) is 6.92 Å². The Labute approximate surface area is 234 Å². The summed E-state index contributed by atoms with van der Waals surface area (Å²) < 4.78 is 0. The van der Waals surface area contributed by atoms with E-state index in [1.165, 1.54) is 197 Å². The Hall–Kier alpha value is -0.850. The van der Waals surface area contributed by atoms with Crippen molar-refractivity contribution in [2.24, 2.45) is 0 Å². The number of unbranched alkanes of at least 4 members (excludes halogenated alkanes) is 24. The normalized spacial score (nSPS) is 11.4. The van der Waals surface area contributed by atoms with Crippen molar-refractivity contribution in [2.45, 2.75) is 201 Å². The van der Waals surface area contributed by atoms with Gasteiger partial charge in [-0.1, -0.05) is 168 Å². The predicted molar refractivity (Wildman–Crippen MR) is 168 cm³/mol. The van der Waals surface area contributed by atoms with Gasteiger partial charge in [0.2, 0.25) is 0 Å². The molecule has 0 aliphatic heterocycles. The molecular weight excluding hydrogens is 446 g/mol. The maximum atomic E-state index is 5.02. The molecule has 0 radical (unpaired) electrons. The van der Waals surface area contributed by atoms with Crippen molar-refractivity contribution in [3.05, 3.63) is 29.1 Å². The Morgan fingerprint density at radius 3 is 0.892 bits per heavy atom. The summed E-state index contributed by atoms with van der Waals surface area (Å²) in [6.07, 6.45) is 39.4. The van der Waals surface area contributed by atoms with Gasteiger partial charge in [0.15, 0.2) is 0 Å². The van der Waals surface area contributed by atoms with Crippen LogP contribution in [0.2, 0.25) is 0 Å². The molecule has 1 aromatic rings. The molecule has 1 rings (SSSR count). The lowest BCUT2D eigenvalue weighted by molar-refractivity contribution is 0.537. The van der Waals surface area contributed by atoms with Gasteiger partial charge in [-0.05, 0) is 50.3 Å². The van der Waals surface area contributed by atoms with Crippen LogP contribution in [-0.4, -0.2) is 4.98 Å². The maximum absolute atomic E-state index is 5.02. The summed E-state index contributed by atoms with van der Waals surface area (Å²) in [5, 5.41) is 0. The van der Waals surface area contributed by atoms with Crippen molar-refractivity contribution < 1.29 is 0 Å². The first-order chi connectivity index (χ1) is 18.3. The van der Waals surface area contributed by atoms with Gasteiger partial charge in [-0.15, -0.1) is 0 Å². The van der Waals surface area contributed by atoms with Crippen LogP contribution in [0.25, 0.3) is 0 Å². The van der Waals surface area contributed by atoms with Crippen LogP contribution < -0.4 is 0 Å². The Morgan fingerprint density at radius 1 is 0.378 bits per heavy atom. The lowest BCUT2D eigenvalue weighted by Crippen LogP contribution is -1.98. The fraction of sp³-hybridized carbons (Fsp3) is 0.861. The van der Waals surface area contributed by atoms with Gasteiger partial charge < -0.3 is 0 Å². The minimum atomic E-state index is 1.17. The summed E-state index contributed by atoms with van der Waals surface area (Å²) in [4.78, 5) is 5.02. The first kappa shape index (κ1) is 34.2. The third kappa shape index (κ3) is 22.8. The van der Waals surface area contributed by atoms with Gasteiger partial charge in [0.05, 0.1) is 0 Å². The van der Waals surface area contributed by atoms with Crippen LogP contribution in [-0.2, 0) is 12.8 Å². The fourth-order valence-electron chi connectivity index (χ4n) is 5.72. The molecule has 0 aliphatic rings. The van der Waals surface area contributed by atoms with Crippen LogP contribution in [0.3, 0.4) is 0 Å². The number of rotatable bonds is 28. The van der Waals surface area contributed by atoms with E-state index in [2.05, 4.69) is 32.9 Å². The molecule has 0 saturated heterocycles. The number of nitrogens with zero attached hydrogens (tertiary/aromatic N) is 1. The highest BCUT2D eigenvalue weighted by Crippen LogP contribution is 2.16. The van der Waals surface area contributed by atoms with Crippen molar-refractivity contribution in [3.63, 3.8) is 0 Å². The monoisotopic (exact) mass is 514 g/mol. The summed E-state index contributed by atoms with van der Waals surface area (Å²) in [5.41, 5.74) is 4.09. The molecule has 37 heavy (non-hydrogen) atoms. The molecule has 0 N–H and O–H groups in total. The highest BCUT2D eigenvalue weighted by atomic mass is 14.7. The molecule has 216 valence electrons. The van der Waals surface area contributed by atoms with Gasteiger partial charge >= 0.3 is 0 Å². The molecule has 0 bridgehead atoms. The molecule has 0 amide bonds. The second-order valence-corrected chi connectivity index (χ2v) is 12.1. The highest BCUT2D eigenvalue weighted by molar-refractivity contribution is 5.20. The second kappa shape index (κ2) is 26.7. The number of aryl methyl sites for hydroxylation is 3. The second-order valence-electron chi connectivity index (χ2n) is 12.1. The van der Waals surface area contributed by atoms with Crippen molar-refractivity contribution in [3.8, 4) is 0 Å². The van der Waals surface area contributed by atoms with E-state index in [-0.39, 0.29) is 0 Å². The van der Waals surface area contributed by atoms with E-state index in [0.29, 0.717) is 0 Å². The molecule has 0 spiro atoms. The number of hydrogen-bond donors (Lipinski definition) is 0. The maximum Gasteiger partial charge on any atom is 0.0409 e. The van der Waals surface area contributed by atoms with Crippen LogP contribution in [0.4, 0.5) is 0 Å². The van der Waals surface area contributed by atoms with Gasteiger partial charge in [-0.2, -0.15) is 0 Å². The number of hydrogen-bond acceptors (Lipinski definition) is 1. The Morgan fingerprint density at radius 2 is 0.622 bits per heavy atom. The van der Waals surface area contributed by atoms with Gasteiger partial charge in [0.1, 0.15) is 0 Å². The van der Waals surface area contributed by atoms with Gasteiger partial charge in [-0.25, -0.2) is 0 Å². The molecule has 1 aromatic heterocycles. The zero-order valence-electron chi connectivity index (χ0n) is 25.9. The first-order valence-corrected chi connectivity index (χ1v) is 17.2. The molecule has 0 fully saturated rings. The zero-order valence-corrected chi connectivity index (χ0v) is 25.9. The largest absolute Gasteiger partial charge is 0.258 e. The molecule has 0 aromatic carbocycles. The van der Waals surface area contributed by atoms with E-state index >= 15 is 0 Å². The minimum Gasteiger partial charge on any atom is -0.258 e. The Balaban J connectivity index is 1.97. The van der Waals surface area contributed by atoms with E-state index in [1.54, 1.807) is 0 Å². The highest BCUT2D eigenvalue weighted by Gasteiger charge is 2.02. The Bertz CT molecular complexity index is 544. The summed E-state index contributed by atoms with van der Waals surface area (Å²) in [5.74, 6) is 0. The zero-order chi connectivity index (χ0) is 26.7. The van der Waals surface area contributed by atoms with Crippen molar-refractivity contribution in [1.82, 2.24) is 4.98 Å². The topological polar surface area (TPSA) is 12.9 Å². The quantitative estimate of drug-likeness (QED) is 0.101. The van der Waals surface area contributed by atoms with Crippen LogP contribution in [0.5, 0.6) is 0 Å². The van der Waals surface area contributed by atoms with Gasteiger partial charge in [-0.3, -0.25) is 4.98 Å². The summed E-state index contributed by atoms with van der Waals surface area (Å²) in [6.45, 7) is 6.86. The van der Waals surface area contributed by atoms with Crippen molar-refractivity contribution in [2.75, 3.05) is 0 Å². The third-order valence-corrected chi connectivity index (χ3v) is 8.15. The average molecular weight is 514 g/mol. The standard InChI is InChI=1S/C36H67N/c1-4-6-8-10-12-14-16-18-20-22-24-26-28-30-35-32-34(3)33-36(37-35)31-29-27-25-23-21-19-17-15-13-11-9-7-5-2/h32-33H,4-31H2,1-3H3. The first-order valence-electron chi connectivity index (χ1n) is 17.2. The minimum absolute atomic E-state index is 1.17. The summed E-state index contributed by atoms with van der Waals surface area (Å²) >= 11 is 0. The molecule has 1 nitrogen and oxygen atoms in total. The lowest BCUT2D eigenvalue weighted by atomic mass is 10.0. The summed E-state index contributed by atoms with van der Waals surface area (Å²) in [6, 6.07) is 4.65. The van der Waals surface area contributed by atoms with E-state index < -0.39 is 0 Å². The molecule has 1 heterocycles. The van der Waals surface area contributed by atoms with Crippen molar-refractivity contribution >= 4 is 0 Å². The van der Waals surface area contributed by atoms with E-state index in [0.717, 1.165) is 0 Å².